The maximum Gasteiger partial charge on any atom is 0.249 e. The van der Waals surface area contributed by atoms with Crippen LogP contribution in [0.5, 0.6) is 0 Å². The highest BCUT2D eigenvalue weighted by Gasteiger charge is 2.04. The Morgan fingerprint density at radius 2 is 2.00 bits per heavy atom. The van der Waals surface area contributed by atoms with Crippen molar-refractivity contribution >= 4 is 40.7 Å². The number of nitrogens with one attached hydrogen (secondary N) is 2. The molecule has 0 spiro atoms. The van der Waals surface area contributed by atoms with Crippen LogP contribution in [-0.2, 0) is 0 Å². The van der Waals surface area contributed by atoms with Crippen LogP contribution in [0.4, 0.5) is 17.5 Å². The average molecular weight is 326 g/mol. The van der Waals surface area contributed by atoms with Crippen LogP contribution in [0.25, 0.3) is 0 Å². The fourth-order valence-electron chi connectivity index (χ4n) is 1.63. The zero-order chi connectivity index (χ0) is 15.2. The van der Waals surface area contributed by atoms with Crippen LogP contribution in [0.1, 0.15) is 20.3 Å². The predicted molar refractivity (Wildman–Crippen MR) is 87.5 cm³/mol. The molecule has 0 aliphatic rings. The van der Waals surface area contributed by atoms with Gasteiger partial charge in [-0.2, -0.15) is 10.1 Å². The van der Waals surface area contributed by atoms with Crippen molar-refractivity contribution in [2.75, 3.05) is 17.2 Å². The highest BCUT2D eigenvalue weighted by Crippen LogP contribution is 2.26. The summed E-state index contributed by atoms with van der Waals surface area (Å²) in [6, 6.07) is 5.23. The lowest BCUT2D eigenvalue weighted by molar-refractivity contribution is 0.606. The van der Waals surface area contributed by atoms with E-state index in [-0.39, 0.29) is 0 Å². The van der Waals surface area contributed by atoms with E-state index < -0.39 is 0 Å². The third-order valence-corrected chi connectivity index (χ3v) is 3.50. The molecule has 0 radical (unpaired) electrons. The van der Waals surface area contributed by atoms with Gasteiger partial charge in [0.2, 0.25) is 5.95 Å². The third kappa shape index (κ3) is 5.02. The highest BCUT2D eigenvalue weighted by atomic mass is 35.5. The molecule has 0 aliphatic heterocycles. The van der Waals surface area contributed by atoms with Gasteiger partial charge in [0.1, 0.15) is 0 Å². The molecular weight excluding hydrogens is 309 g/mol. The summed E-state index contributed by atoms with van der Waals surface area (Å²) in [5, 5.41) is 15.1. The van der Waals surface area contributed by atoms with Crippen LogP contribution in [0, 0.1) is 5.92 Å². The molecule has 1 aromatic heterocycles. The van der Waals surface area contributed by atoms with Gasteiger partial charge in [-0.15, -0.1) is 5.10 Å². The number of benzene rings is 1. The molecule has 0 aliphatic carbocycles. The van der Waals surface area contributed by atoms with E-state index in [0.717, 1.165) is 18.7 Å². The Labute approximate surface area is 134 Å². The Bertz CT molecular complexity index is 604. The fourth-order valence-corrected chi connectivity index (χ4v) is 1.93. The molecule has 1 aromatic carbocycles. The van der Waals surface area contributed by atoms with Crippen molar-refractivity contribution in [2.24, 2.45) is 5.92 Å². The van der Waals surface area contributed by atoms with E-state index in [2.05, 4.69) is 39.7 Å². The zero-order valence-electron chi connectivity index (χ0n) is 11.9. The first kappa shape index (κ1) is 15.8. The van der Waals surface area contributed by atoms with E-state index in [4.69, 9.17) is 23.2 Å². The number of hydrogen-bond acceptors (Lipinski definition) is 5. The van der Waals surface area contributed by atoms with Crippen LogP contribution in [0.15, 0.2) is 24.4 Å². The first-order valence-electron chi connectivity index (χ1n) is 6.70. The second kappa shape index (κ2) is 7.43. The van der Waals surface area contributed by atoms with Crippen molar-refractivity contribution in [3.8, 4) is 0 Å². The van der Waals surface area contributed by atoms with Gasteiger partial charge in [0, 0.05) is 12.2 Å². The lowest BCUT2D eigenvalue weighted by Crippen LogP contribution is -2.08. The molecule has 2 rings (SSSR count). The van der Waals surface area contributed by atoms with Crippen molar-refractivity contribution in [2.45, 2.75) is 20.3 Å². The second-order valence-corrected chi connectivity index (χ2v) is 5.84. The summed E-state index contributed by atoms with van der Waals surface area (Å²) in [5.74, 6) is 1.73. The van der Waals surface area contributed by atoms with Crippen molar-refractivity contribution in [1.82, 2.24) is 15.2 Å². The van der Waals surface area contributed by atoms with Gasteiger partial charge < -0.3 is 10.6 Å². The van der Waals surface area contributed by atoms with E-state index >= 15 is 0 Å². The van der Waals surface area contributed by atoms with Crippen molar-refractivity contribution in [3.63, 3.8) is 0 Å². The Hall–Kier alpha value is -1.59. The van der Waals surface area contributed by atoms with E-state index in [1.807, 2.05) is 0 Å². The van der Waals surface area contributed by atoms with Gasteiger partial charge in [-0.1, -0.05) is 37.0 Å². The molecule has 0 saturated carbocycles. The molecule has 2 aromatic rings. The van der Waals surface area contributed by atoms with E-state index in [1.54, 1.807) is 24.4 Å². The maximum atomic E-state index is 5.97. The number of rotatable bonds is 6. The maximum absolute atomic E-state index is 5.97. The fraction of sp³-hybridized carbons (Fsp3) is 0.357. The standard InChI is InChI=1S/C14H17Cl2N5/c1-9(2)5-6-17-13-8-18-21-14(20-13)19-10-3-4-11(15)12(16)7-10/h3-4,7-9H,5-6H2,1-2H3,(H2,17,19,20,21). The number of nitrogens with zero attached hydrogens (tertiary/aromatic N) is 3. The Balaban J connectivity index is 2.01. The van der Waals surface area contributed by atoms with Crippen LogP contribution < -0.4 is 10.6 Å². The molecule has 0 saturated heterocycles. The van der Waals surface area contributed by atoms with Crippen LogP contribution in [0.3, 0.4) is 0 Å². The quantitative estimate of drug-likeness (QED) is 0.825. The number of halogens is 2. The topological polar surface area (TPSA) is 62.7 Å². The minimum absolute atomic E-state index is 0.405. The summed E-state index contributed by atoms with van der Waals surface area (Å²) in [6.07, 6.45) is 2.67. The van der Waals surface area contributed by atoms with Crippen LogP contribution in [0.2, 0.25) is 10.0 Å². The number of aromatic nitrogens is 3. The van der Waals surface area contributed by atoms with E-state index in [1.165, 1.54) is 0 Å². The van der Waals surface area contributed by atoms with E-state index in [0.29, 0.717) is 27.7 Å². The molecule has 21 heavy (non-hydrogen) atoms. The second-order valence-electron chi connectivity index (χ2n) is 5.03. The molecular formula is C14H17Cl2N5. The number of hydrogen-bond donors (Lipinski definition) is 2. The van der Waals surface area contributed by atoms with Crippen LogP contribution in [-0.4, -0.2) is 21.7 Å². The molecule has 0 fully saturated rings. The third-order valence-electron chi connectivity index (χ3n) is 2.76. The van der Waals surface area contributed by atoms with Gasteiger partial charge in [0.05, 0.1) is 16.2 Å². The Morgan fingerprint density at radius 3 is 2.71 bits per heavy atom. The monoisotopic (exact) mass is 325 g/mol. The van der Waals surface area contributed by atoms with Gasteiger partial charge >= 0.3 is 0 Å². The summed E-state index contributed by atoms with van der Waals surface area (Å²) in [4.78, 5) is 4.35. The van der Waals surface area contributed by atoms with Crippen molar-refractivity contribution in [3.05, 3.63) is 34.4 Å². The minimum Gasteiger partial charge on any atom is -0.369 e. The summed E-state index contributed by atoms with van der Waals surface area (Å²) >= 11 is 11.8. The summed E-state index contributed by atoms with van der Waals surface area (Å²) in [6.45, 7) is 5.21. The highest BCUT2D eigenvalue weighted by molar-refractivity contribution is 6.42. The molecule has 0 atom stereocenters. The van der Waals surface area contributed by atoms with Gasteiger partial charge in [0.15, 0.2) is 5.82 Å². The first-order chi connectivity index (χ1) is 10.0. The van der Waals surface area contributed by atoms with Gasteiger partial charge in [0.25, 0.3) is 0 Å². The largest absolute Gasteiger partial charge is 0.369 e. The average Bonchev–Trinajstić information content (AvgIpc) is 2.43. The summed E-state index contributed by atoms with van der Waals surface area (Å²) in [5.41, 5.74) is 0.755. The Morgan fingerprint density at radius 1 is 1.19 bits per heavy atom. The normalized spacial score (nSPS) is 10.7. The molecule has 0 bridgehead atoms. The molecule has 112 valence electrons. The predicted octanol–water partition coefficient (Wildman–Crippen LogP) is 4.38. The lowest BCUT2D eigenvalue weighted by Gasteiger charge is -2.09. The molecule has 0 unspecified atom stereocenters. The van der Waals surface area contributed by atoms with E-state index in [9.17, 15) is 0 Å². The molecule has 2 N–H and O–H groups in total. The SMILES string of the molecule is CC(C)CCNc1cnnc(Nc2ccc(Cl)c(Cl)c2)n1. The van der Waals surface area contributed by atoms with Crippen LogP contribution >= 0.6 is 23.2 Å². The van der Waals surface area contributed by atoms with Gasteiger partial charge in [-0.25, -0.2) is 0 Å². The van der Waals surface area contributed by atoms with Crippen molar-refractivity contribution in [1.29, 1.82) is 0 Å². The molecule has 1 heterocycles. The smallest absolute Gasteiger partial charge is 0.249 e. The Kier molecular flexibility index (Phi) is 5.59. The number of anilines is 3. The van der Waals surface area contributed by atoms with Gasteiger partial charge in [-0.05, 0) is 30.5 Å². The first-order valence-corrected chi connectivity index (χ1v) is 7.46. The summed E-state index contributed by atoms with van der Waals surface area (Å²) < 4.78 is 0. The zero-order valence-corrected chi connectivity index (χ0v) is 13.4. The van der Waals surface area contributed by atoms with Crippen molar-refractivity contribution < 1.29 is 0 Å². The lowest BCUT2D eigenvalue weighted by atomic mass is 10.1. The summed E-state index contributed by atoms with van der Waals surface area (Å²) in [7, 11) is 0. The molecule has 7 heteroatoms. The minimum atomic E-state index is 0.405. The van der Waals surface area contributed by atoms with Gasteiger partial charge in [-0.3, -0.25) is 0 Å². The molecule has 5 nitrogen and oxygen atoms in total. The molecule has 0 amide bonds.